The van der Waals surface area contributed by atoms with Crippen molar-refractivity contribution in [2.24, 2.45) is 12.0 Å². The summed E-state index contributed by atoms with van der Waals surface area (Å²) in [7, 11) is 1.83. The molecule has 0 aliphatic heterocycles. The van der Waals surface area contributed by atoms with Gasteiger partial charge in [-0.25, -0.2) is 4.99 Å². The molecule has 1 heterocycles. The third kappa shape index (κ3) is 6.95. The molecule has 0 saturated carbocycles. The van der Waals surface area contributed by atoms with Crippen molar-refractivity contribution in [3.05, 3.63) is 77.1 Å². The van der Waals surface area contributed by atoms with Gasteiger partial charge in [-0.3, -0.25) is 4.68 Å². The maximum atomic E-state index is 10.8. The highest BCUT2D eigenvalue weighted by Crippen LogP contribution is 2.25. The van der Waals surface area contributed by atoms with Gasteiger partial charge in [0.2, 0.25) is 0 Å². The van der Waals surface area contributed by atoms with Crippen LogP contribution in [0.3, 0.4) is 0 Å². The van der Waals surface area contributed by atoms with E-state index < -0.39 is 5.60 Å². The van der Waals surface area contributed by atoms with E-state index in [2.05, 4.69) is 27.9 Å². The second-order valence-electron chi connectivity index (χ2n) is 7.39. The van der Waals surface area contributed by atoms with Crippen LogP contribution >= 0.6 is 35.6 Å². The Labute approximate surface area is 205 Å². The first-order chi connectivity index (χ1) is 14.4. The molecule has 0 fully saturated rings. The van der Waals surface area contributed by atoms with Crippen molar-refractivity contribution in [3.63, 3.8) is 0 Å². The predicted molar refractivity (Wildman–Crippen MR) is 138 cm³/mol. The first-order valence-corrected chi connectivity index (χ1v) is 10.3. The Balaban J connectivity index is 0.00000341. The minimum absolute atomic E-state index is 0. The number of aliphatic hydroxyl groups is 1. The zero-order chi connectivity index (χ0) is 21.6. The normalized spacial score (nSPS) is 13.3. The standard InChI is InChI=1S/C23H28ClN5O.HI/c1-4-25-22(27-16-23(2,30)19-14-28-29(3)15-19)26-13-18-7-5-6-8-21(18)17-9-11-20(24)12-10-17;/h5-12,14-15,30H,4,13,16H2,1-3H3,(H2,25,26,27);1H. The fourth-order valence-electron chi connectivity index (χ4n) is 3.13. The number of guanidine groups is 1. The van der Waals surface area contributed by atoms with E-state index in [4.69, 9.17) is 16.6 Å². The van der Waals surface area contributed by atoms with Crippen molar-refractivity contribution >= 4 is 41.5 Å². The van der Waals surface area contributed by atoms with Crippen molar-refractivity contribution in [3.8, 4) is 11.1 Å². The molecule has 3 aromatic rings. The number of nitrogens with zero attached hydrogens (tertiary/aromatic N) is 3. The molecule has 3 rings (SSSR count). The van der Waals surface area contributed by atoms with Gasteiger partial charge in [0.15, 0.2) is 5.96 Å². The Morgan fingerprint density at radius 1 is 1.16 bits per heavy atom. The van der Waals surface area contributed by atoms with Gasteiger partial charge >= 0.3 is 0 Å². The van der Waals surface area contributed by atoms with Gasteiger partial charge in [-0.2, -0.15) is 5.10 Å². The van der Waals surface area contributed by atoms with E-state index in [9.17, 15) is 5.11 Å². The van der Waals surface area contributed by atoms with Crippen LogP contribution in [0.1, 0.15) is 25.0 Å². The molecule has 0 aliphatic rings. The molecule has 3 N–H and O–H groups in total. The van der Waals surface area contributed by atoms with E-state index in [1.54, 1.807) is 17.8 Å². The Hall–Kier alpha value is -2.10. The number of nitrogens with one attached hydrogen (secondary N) is 2. The largest absolute Gasteiger partial charge is 0.383 e. The second kappa shape index (κ2) is 11.5. The summed E-state index contributed by atoms with van der Waals surface area (Å²) in [6.07, 6.45) is 3.49. The number of hydrogen-bond acceptors (Lipinski definition) is 3. The summed E-state index contributed by atoms with van der Waals surface area (Å²) in [5.74, 6) is 0.646. The number of aryl methyl sites for hydroxylation is 1. The molecular formula is C23H29ClIN5O. The van der Waals surface area contributed by atoms with E-state index >= 15 is 0 Å². The Bertz CT molecular complexity index is 1000. The molecule has 0 aliphatic carbocycles. The van der Waals surface area contributed by atoms with Gasteiger partial charge in [0, 0.05) is 30.4 Å². The van der Waals surface area contributed by atoms with Crippen LogP contribution in [-0.2, 0) is 19.2 Å². The maximum Gasteiger partial charge on any atom is 0.191 e. The molecule has 0 amide bonds. The second-order valence-corrected chi connectivity index (χ2v) is 7.83. The Kier molecular flexibility index (Phi) is 9.33. The number of rotatable bonds is 7. The summed E-state index contributed by atoms with van der Waals surface area (Å²) in [6, 6.07) is 16.0. The summed E-state index contributed by atoms with van der Waals surface area (Å²) in [5.41, 5.74) is 3.02. The van der Waals surface area contributed by atoms with Gasteiger partial charge in [-0.05, 0) is 42.7 Å². The van der Waals surface area contributed by atoms with Crippen LogP contribution in [0.2, 0.25) is 5.02 Å². The Morgan fingerprint density at radius 2 is 1.87 bits per heavy atom. The van der Waals surface area contributed by atoms with Crippen LogP contribution in [0.5, 0.6) is 0 Å². The van der Waals surface area contributed by atoms with Crippen LogP contribution in [0, 0.1) is 0 Å². The van der Waals surface area contributed by atoms with Gasteiger partial charge in [0.1, 0.15) is 5.60 Å². The minimum atomic E-state index is -1.06. The Morgan fingerprint density at radius 3 is 2.52 bits per heavy atom. The van der Waals surface area contributed by atoms with Crippen LogP contribution in [0.25, 0.3) is 11.1 Å². The zero-order valence-corrected chi connectivity index (χ0v) is 21.1. The average Bonchev–Trinajstić information content (AvgIpc) is 3.18. The quantitative estimate of drug-likeness (QED) is 0.231. The van der Waals surface area contributed by atoms with Crippen molar-refractivity contribution in [2.75, 3.05) is 13.1 Å². The molecule has 8 heteroatoms. The molecule has 31 heavy (non-hydrogen) atoms. The lowest BCUT2D eigenvalue weighted by Crippen LogP contribution is -2.44. The van der Waals surface area contributed by atoms with Gasteiger partial charge < -0.3 is 15.7 Å². The first-order valence-electron chi connectivity index (χ1n) is 9.96. The lowest BCUT2D eigenvalue weighted by Gasteiger charge is -2.23. The molecule has 166 valence electrons. The molecular weight excluding hydrogens is 525 g/mol. The van der Waals surface area contributed by atoms with Crippen molar-refractivity contribution in [1.82, 2.24) is 20.4 Å². The number of halogens is 2. The summed E-state index contributed by atoms with van der Waals surface area (Å²) in [5, 5.41) is 22.1. The molecule has 0 bridgehead atoms. The van der Waals surface area contributed by atoms with Crippen molar-refractivity contribution in [2.45, 2.75) is 26.0 Å². The number of benzene rings is 2. The van der Waals surface area contributed by atoms with Crippen LogP contribution in [-0.4, -0.2) is 33.9 Å². The van der Waals surface area contributed by atoms with E-state index in [0.29, 0.717) is 24.1 Å². The smallest absolute Gasteiger partial charge is 0.191 e. The van der Waals surface area contributed by atoms with Gasteiger partial charge in [0.25, 0.3) is 0 Å². The molecule has 2 aromatic carbocycles. The molecule has 0 spiro atoms. The topological polar surface area (TPSA) is 74.5 Å². The summed E-state index contributed by atoms with van der Waals surface area (Å²) in [4.78, 5) is 4.73. The van der Waals surface area contributed by atoms with Crippen LogP contribution in [0.15, 0.2) is 65.9 Å². The highest BCUT2D eigenvalue weighted by atomic mass is 127. The predicted octanol–water partition coefficient (Wildman–Crippen LogP) is 4.32. The highest BCUT2D eigenvalue weighted by Gasteiger charge is 2.25. The van der Waals surface area contributed by atoms with Crippen molar-refractivity contribution in [1.29, 1.82) is 0 Å². The maximum absolute atomic E-state index is 10.8. The van der Waals surface area contributed by atoms with Crippen LogP contribution in [0.4, 0.5) is 0 Å². The third-order valence-electron chi connectivity index (χ3n) is 4.85. The molecule has 1 atom stereocenters. The molecule has 6 nitrogen and oxygen atoms in total. The molecule has 1 unspecified atom stereocenters. The van der Waals surface area contributed by atoms with Gasteiger partial charge in [-0.15, -0.1) is 24.0 Å². The number of aromatic nitrogens is 2. The average molecular weight is 554 g/mol. The molecule has 0 radical (unpaired) electrons. The first kappa shape index (κ1) is 25.2. The summed E-state index contributed by atoms with van der Waals surface area (Å²) in [6.45, 7) is 5.31. The summed E-state index contributed by atoms with van der Waals surface area (Å²) >= 11 is 6.03. The lowest BCUT2D eigenvalue weighted by atomic mass is 10.00. The fourth-order valence-corrected chi connectivity index (χ4v) is 3.26. The van der Waals surface area contributed by atoms with Gasteiger partial charge in [-0.1, -0.05) is 48.0 Å². The minimum Gasteiger partial charge on any atom is -0.383 e. The monoisotopic (exact) mass is 553 g/mol. The fraction of sp³-hybridized carbons (Fsp3) is 0.304. The highest BCUT2D eigenvalue weighted by molar-refractivity contribution is 14.0. The summed E-state index contributed by atoms with van der Waals surface area (Å²) < 4.78 is 1.68. The SMILES string of the molecule is CCNC(=NCc1ccccc1-c1ccc(Cl)cc1)NCC(C)(O)c1cnn(C)c1.I. The van der Waals surface area contributed by atoms with E-state index in [1.807, 2.05) is 56.6 Å². The third-order valence-corrected chi connectivity index (χ3v) is 5.10. The van der Waals surface area contributed by atoms with Gasteiger partial charge in [0.05, 0.1) is 19.3 Å². The van der Waals surface area contributed by atoms with E-state index in [0.717, 1.165) is 28.8 Å². The van der Waals surface area contributed by atoms with E-state index in [1.165, 1.54) is 0 Å². The number of hydrogen-bond donors (Lipinski definition) is 3. The van der Waals surface area contributed by atoms with Crippen molar-refractivity contribution < 1.29 is 5.11 Å². The molecule has 0 saturated heterocycles. The van der Waals surface area contributed by atoms with Crippen LogP contribution < -0.4 is 10.6 Å². The number of aliphatic imine (C=N–C) groups is 1. The zero-order valence-electron chi connectivity index (χ0n) is 18.0. The van der Waals surface area contributed by atoms with E-state index in [-0.39, 0.29) is 24.0 Å². The molecule has 1 aromatic heterocycles. The lowest BCUT2D eigenvalue weighted by molar-refractivity contribution is 0.0616.